The molecular weight excluding hydrogens is 203 g/mol. The molecule has 0 radical (unpaired) electrons. The molecule has 0 spiro atoms. The Morgan fingerprint density at radius 1 is 1.36 bits per heavy atom. The van der Waals surface area contributed by atoms with Crippen LogP contribution >= 0.6 is 0 Å². The first kappa shape index (κ1) is 8.51. The van der Waals surface area contributed by atoms with E-state index in [9.17, 15) is 4.79 Å². The molecule has 11 heavy (non-hydrogen) atoms. The van der Waals surface area contributed by atoms with E-state index in [-0.39, 0.29) is 15.0 Å². The molecule has 0 amide bonds. The van der Waals surface area contributed by atoms with Crippen molar-refractivity contribution in [2.45, 2.75) is 13.3 Å². The third-order valence-electron chi connectivity index (χ3n) is 1.26. The molecule has 0 aliphatic heterocycles. The van der Waals surface area contributed by atoms with Gasteiger partial charge in [0.1, 0.15) is 0 Å². The molecule has 0 fully saturated rings. The second-order valence-electron chi connectivity index (χ2n) is 2.14. The third-order valence-corrected chi connectivity index (χ3v) is 3.41. The fourth-order valence-corrected chi connectivity index (χ4v) is 2.16. The fourth-order valence-electron chi connectivity index (χ4n) is 0.692. The molecule has 0 N–H and O–H groups in total. The second-order valence-corrected chi connectivity index (χ2v) is 4.51. The Morgan fingerprint density at radius 3 is 2.55 bits per heavy atom. The minimum atomic E-state index is 0.0377. The molecule has 1 nitrogen and oxygen atoms in total. The van der Waals surface area contributed by atoms with Gasteiger partial charge >= 0.3 is 72.6 Å². The van der Waals surface area contributed by atoms with Crippen LogP contribution in [0.5, 0.6) is 0 Å². The second kappa shape index (κ2) is 4.32. The average molecular weight is 213 g/mol. The number of hydrogen-bond acceptors (Lipinski definition) is 1. The van der Waals surface area contributed by atoms with E-state index in [1.165, 1.54) is 4.46 Å². The standard InChI is InChI=1S/C9H10OSe/c1-2-9(10)11-8-6-4-3-5-7-8/h3-7H,2H2,1H3. The Balaban J connectivity index is 2.58. The molecule has 0 heterocycles. The molecule has 0 aliphatic rings. The van der Waals surface area contributed by atoms with Crippen LogP contribution in [0.25, 0.3) is 0 Å². The van der Waals surface area contributed by atoms with Gasteiger partial charge in [0, 0.05) is 0 Å². The molecule has 0 aliphatic carbocycles. The van der Waals surface area contributed by atoms with Crippen molar-refractivity contribution in [1.29, 1.82) is 0 Å². The van der Waals surface area contributed by atoms with Gasteiger partial charge in [-0.3, -0.25) is 0 Å². The fraction of sp³-hybridized carbons (Fsp3) is 0.222. The predicted octanol–water partition coefficient (Wildman–Crippen LogP) is 0.953. The summed E-state index contributed by atoms with van der Waals surface area (Å²) >= 11 is 0.0377. The van der Waals surface area contributed by atoms with Crippen molar-refractivity contribution in [2.24, 2.45) is 0 Å². The van der Waals surface area contributed by atoms with Crippen LogP contribution in [0, 0.1) is 0 Å². The third kappa shape index (κ3) is 2.87. The zero-order valence-electron chi connectivity index (χ0n) is 6.41. The summed E-state index contributed by atoms with van der Waals surface area (Å²) in [6.07, 6.45) is 0.662. The summed E-state index contributed by atoms with van der Waals surface area (Å²) in [4.78, 5) is 11.0. The van der Waals surface area contributed by atoms with Crippen molar-refractivity contribution in [1.82, 2.24) is 0 Å². The van der Waals surface area contributed by atoms with E-state index in [0.717, 1.165) is 0 Å². The van der Waals surface area contributed by atoms with E-state index >= 15 is 0 Å². The number of carbonyl (C=O) groups excluding carboxylic acids is 1. The molecule has 2 heteroatoms. The Bertz CT molecular complexity index is 231. The topological polar surface area (TPSA) is 17.1 Å². The van der Waals surface area contributed by atoms with Crippen LogP contribution in [-0.2, 0) is 4.79 Å². The first-order chi connectivity index (χ1) is 5.33. The molecule has 0 atom stereocenters. The van der Waals surface area contributed by atoms with Gasteiger partial charge in [0.05, 0.1) is 0 Å². The molecule has 0 saturated heterocycles. The summed E-state index contributed by atoms with van der Waals surface area (Å²) in [5, 5.41) is 0. The number of benzene rings is 1. The summed E-state index contributed by atoms with van der Waals surface area (Å²) in [6.45, 7) is 1.91. The van der Waals surface area contributed by atoms with Crippen molar-refractivity contribution < 1.29 is 4.79 Å². The number of rotatable bonds is 3. The maximum absolute atomic E-state index is 11.0. The minimum absolute atomic E-state index is 0.0377. The van der Waals surface area contributed by atoms with Crippen molar-refractivity contribution in [3.05, 3.63) is 30.3 Å². The van der Waals surface area contributed by atoms with Gasteiger partial charge in [0.25, 0.3) is 0 Å². The summed E-state index contributed by atoms with van der Waals surface area (Å²) in [5.74, 6) is 0. The van der Waals surface area contributed by atoms with E-state index < -0.39 is 0 Å². The van der Waals surface area contributed by atoms with Crippen LogP contribution in [0.2, 0.25) is 0 Å². The van der Waals surface area contributed by atoms with Gasteiger partial charge in [-0.1, -0.05) is 0 Å². The molecule has 1 aromatic rings. The first-order valence-corrected chi connectivity index (χ1v) is 5.30. The summed E-state index contributed by atoms with van der Waals surface area (Å²) in [6, 6.07) is 9.93. The Hall–Kier alpha value is -0.591. The predicted molar refractivity (Wildman–Crippen MR) is 47.1 cm³/mol. The van der Waals surface area contributed by atoms with E-state index in [4.69, 9.17) is 0 Å². The number of hydrogen-bond donors (Lipinski definition) is 0. The van der Waals surface area contributed by atoms with Gasteiger partial charge in [0.2, 0.25) is 0 Å². The Kier molecular flexibility index (Phi) is 3.34. The Morgan fingerprint density at radius 2 is 2.00 bits per heavy atom. The van der Waals surface area contributed by atoms with Gasteiger partial charge in [-0.2, -0.15) is 0 Å². The van der Waals surface area contributed by atoms with Gasteiger partial charge in [-0.25, -0.2) is 0 Å². The molecule has 0 unspecified atom stereocenters. The van der Waals surface area contributed by atoms with Gasteiger partial charge in [-0.05, 0) is 0 Å². The number of carbonyl (C=O) groups is 1. The molecule has 1 aromatic carbocycles. The molecular formula is C9H10OSe. The summed E-state index contributed by atoms with van der Waals surface area (Å²) in [5.41, 5.74) is 0. The monoisotopic (exact) mass is 214 g/mol. The van der Waals surface area contributed by atoms with Gasteiger partial charge in [-0.15, -0.1) is 0 Å². The van der Waals surface area contributed by atoms with Crippen molar-refractivity contribution in [3.63, 3.8) is 0 Å². The molecule has 0 aromatic heterocycles. The molecule has 58 valence electrons. The SMILES string of the molecule is CCC(=O)[Se]c1ccccc1. The van der Waals surface area contributed by atoms with Crippen LogP contribution in [0.3, 0.4) is 0 Å². The Labute approximate surface area is 73.0 Å². The summed E-state index contributed by atoms with van der Waals surface area (Å²) < 4.78 is 1.54. The van der Waals surface area contributed by atoms with Crippen molar-refractivity contribution >= 4 is 24.1 Å². The first-order valence-electron chi connectivity index (χ1n) is 3.58. The van der Waals surface area contributed by atoms with Crippen LogP contribution in [-0.4, -0.2) is 19.6 Å². The zero-order valence-corrected chi connectivity index (χ0v) is 8.12. The van der Waals surface area contributed by atoms with E-state index in [0.29, 0.717) is 11.1 Å². The van der Waals surface area contributed by atoms with Gasteiger partial charge in [0.15, 0.2) is 0 Å². The average Bonchev–Trinajstić information content (AvgIpc) is 2.06. The van der Waals surface area contributed by atoms with Crippen molar-refractivity contribution in [2.75, 3.05) is 0 Å². The molecule has 1 rings (SSSR count). The van der Waals surface area contributed by atoms with Crippen LogP contribution in [0.1, 0.15) is 13.3 Å². The van der Waals surface area contributed by atoms with E-state index in [2.05, 4.69) is 0 Å². The zero-order chi connectivity index (χ0) is 8.10. The maximum atomic E-state index is 11.0. The van der Waals surface area contributed by atoms with Crippen LogP contribution < -0.4 is 4.46 Å². The summed E-state index contributed by atoms with van der Waals surface area (Å²) in [7, 11) is 0. The van der Waals surface area contributed by atoms with E-state index in [1.54, 1.807) is 0 Å². The molecule has 0 saturated carbocycles. The van der Waals surface area contributed by atoms with Crippen LogP contribution in [0.15, 0.2) is 30.3 Å². The quantitative estimate of drug-likeness (QED) is 0.683. The molecule has 0 bridgehead atoms. The van der Waals surface area contributed by atoms with Gasteiger partial charge < -0.3 is 0 Å². The van der Waals surface area contributed by atoms with E-state index in [1.807, 2.05) is 37.3 Å². The van der Waals surface area contributed by atoms with Crippen LogP contribution in [0.4, 0.5) is 0 Å². The van der Waals surface area contributed by atoms with Crippen molar-refractivity contribution in [3.8, 4) is 0 Å². The normalized spacial score (nSPS) is 9.55.